The standard InChI is InChI=1S/C16H26N2OS.ClH/c17-13-14-7-4-5-11-18(14)16(19)10-3-1-2-8-15-9-6-12-20-15;/h6,9,12,14H,1-5,7-8,10-11,13,17H2;1H. The van der Waals surface area contributed by atoms with Crippen molar-refractivity contribution in [2.45, 2.75) is 57.4 Å². The van der Waals surface area contributed by atoms with E-state index >= 15 is 0 Å². The smallest absolute Gasteiger partial charge is 0.222 e. The highest BCUT2D eigenvalue weighted by molar-refractivity contribution is 7.09. The Balaban J connectivity index is 0.00000220. The molecule has 2 rings (SSSR count). The molecule has 1 aliphatic heterocycles. The molecule has 0 spiro atoms. The van der Waals surface area contributed by atoms with Gasteiger partial charge in [0.05, 0.1) is 0 Å². The number of hydrogen-bond acceptors (Lipinski definition) is 3. The lowest BCUT2D eigenvalue weighted by atomic mass is 10.0. The van der Waals surface area contributed by atoms with Gasteiger partial charge in [-0.1, -0.05) is 12.5 Å². The first kappa shape index (κ1) is 18.5. The molecule has 3 nitrogen and oxygen atoms in total. The van der Waals surface area contributed by atoms with E-state index in [1.54, 1.807) is 0 Å². The average Bonchev–Trinajstić information content (AvgIpc) is 3.00. The molecule has 1 atom stereocenters. The van der Waals surface area contributed by atoms with Gasteiger partial charge in [-0.15, -0.1) is 23.7 Å². The Labute approximate surface area is 138 Å². The summed E-state index contributed by atoms with van der Waals surface area (Å²) in [5.41, 5.74) is 5.77. The number of carbonyl (C=O) groups is 1. The zero-order chi connectivity index (χ0) is 14.2. The van der Waals surface area contributed by atoms with E-state index in [0.717, 1.165) is 38.6 Å². The summed E-state index contributed by atoms with van der Waals surface area (Å²) in [5, 5.41) is 2.13. The van der Waals surface area contributed by atoms with Gasteiger partial charge in [0, 0.05) is 30.4 Å². The molecule has 2 heterocycles. The number of halogens is 1. The SMILES string of the molecule is Cl.NCC1CCCCN1C(=O)CCCCCc1cccs1. The van der Waals surface area contributed by atoms with E-state index in [2.05, 4.69) is 17.5 Å². The summed E-state index contributed by atoms with van der Waals surface area (Å²) < 4.78 is 0. The van der Waals surface area contributed by atoms with Crippen molar-refractivity contribution >= 4 is 29.7 Å². The first-order valence-electron chi connectivity index (χ1n) is 7.83. The molecule has 21 heavy (non-hydrogen) atoms. The molecule has 1 amide bonds. The third kappa shape index (κ3) is 5.97. The second-order valence-corrected chi connectivity index (χ2v) is 6.64. The van der Waals surface area contributed by atoms with Gasteiger partial charge in [0.2, 0.25) is 5.91 Å². The monoisotopic (exact) mass is 330 g/mol. The van der Waals surface area contributed by atoms with E-state index in [1.165, 1.54) is 17.7 Å². The normalized spacial score (nSPS) is 18.3. The van der Waals surface area contributed by atoms with Crippen molar-refractivity contribution in [1.29, 1.82) is 0 Å². The van der Waals surface area contributed by atoms with E-state index in [9.17, 15) is 4.79 Å². The van der Waals surface area contributed by atoms with Crippen molar-refractivity contribution in [3.8, 4) is 0 Å². The van der Waals surface area contributed by atoms with E-state index in [1.807, 2.05) is 16.2 Å². The van der Waals surface area contributed by atoms with Crippen molar-refractivity contribution in [2.24, 2.45) is 5.73 Å². The third-order valence-corrected chi connectivity index (χ3v) is 5.05. The number of unbranched alkanes of at least 4 members (excludes halogenated alkanes) is 2. The number of amides is 1. The molecule has 120 valence electrons. The van der Waals surface area contributed by atoms with Crippen LogP contribution in [0.5, 0.6) is 0 Å². The van der Waals surface area contributed by atoms with E-state index < -0.39 is 0 Å². The van der Waals surface area contributed by atoms with Crippen LogP contribution in [-0.4, -0.2) is 29.9 Å². The van der Waals surface area contributed by atoms with Gasteiger partial charge in [-0.05, 0) is 50.0 Å². The lowest BCUT2D eigenvalue weighted by Crippen LogP contribution is -2.47. The van der Waals surface area contributed by atoms with Crippen LogP contribution in [0.2, 0.25) is 0 Å². The molecule has 0 aromatic carbocycles. The highest BCUT2D eigenvalue weighted by atomic mass is 35.5. The summed E-state index contributed by atoms with van der Waals surface area (Å²) in [5.74, 6) is 0.316. The fourth-order valence-electron chi connectivity index (χ4n) is 2.92. The van der Waals surface area contributed by atoms with Crippen LogP contribution in [0.15, 0.2) is 17.5 Å². The van der Waals surface area contributed by atoms with E-state index in [-0.39, 0.29) is 12.4 Å². The maximum Gasteiger partial charge on any atom is 0.222 e. The van der Waals surface area contributed by atoms with Crippen LogP contribution in [0.1, 0.15) is 49.8 Å². The molecular weight excluding hydrogens is 304 g/mol. The topological polar surface area (TPSA) is 46.3 Å². The number of rotatable bonds is 7. The van der Waals surface area contributed by atoms with Crippen LogP contribution in [0.25, 0.3) is 0 Å². The van der Waals surface area contributed by atoms with Crippen molar-refractivity contribution < 1.29 is 4.79 Å². The first-order chi connectivity index (χ1) is 9.81. The maximum absolute atomic E-state index is 12.2. The number of piperidine rings is 1. The molecular formula is C16H27ClN2OS. The highest BCUT2D eigenvalue weighted by Crippen LogP contribution is 2.18. The third-order valence-electron chi connectivity index (χ3n) is 4.11. The van der Waals surface area contributed by atoms with Crippen LogP contribution < -0.4 is 5.73 Å². The van der Waals surface area contributed by atoms with E-state index in [0.29, 0.717) is 24.9 Å². The number of thiophene rings is 1. The average molecular weight is 331 g/mol. The molecule has 0 aliphatic carbocycles. The predicted octanol–water partition coefficient (Wildman–Crippen LogP) is 3.61. The number of nitrogens with zero attached hydrogens (tertiary/aromatic N) is 1. The maximum atomic E-state index is 12.2. The molecule has 5 heteroatoms. The Hall–Kier alpha value is -0.580. The largest absolute Gasteiger partial charge is 0.338 e. The lowest BCUT2D eigenvalue weighted by molar-refractivity contribution is -0.134. The predicted molar refractivity (Wildman–Crippen MR) is 92.1 cm³/mol. The van der Waals surface area contributed by atoms with Crippen LogP contribution in [-0.2, 0) is 11.2 Å². The second kappa shape index (κ2) is 10.2. The molecule has 2 N–H and O–H groups in total. The molecule has 1 unspecified atom stereocenters. The minimum atomic E-state index is 0. The summed E-state index contributed by atoms with van der Waals surface area (Å²) in [6, 6.07) is 4.59. The Bertz CT molecular complexity index is 397. The highest BCUT2D eigenvalue weighted by Gasteiger charge is 2.24. The molecule has 1 saturated heterocycles. The lowest BCUT2D eigenvalue weighted by Gasteiger charge is -2.35. The van der Waals surface area contributed by atoms with Gasteiger partial charge in [-0.3, -0.25) is 4.79 Å². The number of likely N-dealkylation sites (tertiary alicyclic amines) is 1. The summed E-state index contributed by atoms with van der Waals surface area (Å²) in [7, 11) is 0. The van der Waals surface area contributed by atoms with Crippen molar-refractivity contribution in [2.75, 3.05) is 13.1 Å². The molecule has 0 radical (unpaired) electrons. The molecule has 1 aliphatic rings. The number of carbonyl (C=O) groups excluding carboxylic acids is 1. The van der Waals surface area contributed by atoms with Crippen LogP contribution >= 0.6 is 23.7 Å². The van der Waals surface area contributed by atoms with Crippen LogP contribution in [0.4, 0.5) is 0 Å². The second-order valence-electron chi connectivity index (χ2n) is 5.61. The molecule has 1 aromatic rings. The minimum absolute atomic E-state index is 0. The molecule has 0 saturated carbocycles. The fourth-order valence-corrected chi connectivity index (χ4v) is 3.68. The first-order valence-corrected chi connectivity index (χ1v) is 8.71. The number of nitrogens with two attached hydrogens (primary N) is 1. The fraction of sp³-hybridized carbons (Fsp3) is 0.688. The minimum Gasteiger partial charge on any atom is -0.338 e. The Morgan fingerprint density at radius 2 is 2.19 bits per heavy atom. The zero-order valence-electron chi connectivity index (χ0n) is 12.6. The Kier molecular flexibility index (Phi) is 8.97. The van der Waals surface area contributed by atoms with Gasteiger partial charge < -0.3 is 10.6 Å². The number of hydrogen-bond donors (Lipinski definition) is 1. The van der Waals surface area contributed by atoms with Gasteiger partial charge in [0.25, 0.3) is 0 Å². The van der Waals surface area contributed by atoms with E-state index in [4.69, 9.17) is 5.73 Å². The van der Waals surface area contributed by atoms with Gasteiger partial charge >= 0.3 is 0 Å². The van der Waals surface area contributed by atoms with Crippen molar-refractivity contribution in [3.05, 3.63) is 22.4 Å². The molecule has 0 bridgehead atoms. The Morgan fingerprint density at radius 1 is 1.33 bits per heavy atom. The van der Waals surface area contributed by atoms with Gasteiger partial charge in [-0.25, -0.2) is 0 Å². The van der Waals surface area contributed by atoms with Gasteiger partial charge in [-0.2, -0.15) is 0 Å². The van der Waals surface area contributed by atoms with Crippen molar-refractivity contribution in [3.63, 3.8) is 0 Å². The van der Waals surface area contributed by atoms with Gasteiger partial charge in [0.1, 0.15) is 0 Å². The van der Waals surface area contributed by atoms with Crippen LogP contribution in [0.3, 0.4) is 0 Å². The Morgan fingerprint density at radius 3 is 2.90 bits per heavy atom. The van der Waals surface area contributed by atoms with Crippen LogP contribution in [0, 0.1) is 0 Å². The summed E-state index contributed by atoms with van der Waals surface area (Å²) in [6.45, 7) is 1.53. The van der Waals surface area contributed by atoms with Gasteiger partial charge in [0.15, 0.2) is 0 Å². The molecule has 1 aromatic heterocycles. The summed E-state index contributed by atoms with van der Waals surface area (Å²) in [4.78, 5) is 15.7. The van der Waals surface area contributed by atoms with Crippen molar-refractivity contribution in [1.82, 2.24) is 4.90 Å². The zero-order valence-corrected chi connectivity index (χ0v) is 14.3. The quantitative estimate of drug-likeness (QED) is 0.776. The molecule has 1 fully saturated rings. The summed E-state index contributed by atoms with van der Waals surface area (Å²) in [6.07, 6.45) is 8.63. The summed E-state index contributed by atoms with van der Waals surface area (Å²) >= 11 is 1.82. The number of aryl methyl sites for hydroxylation is 1.